The van der Waals surface area contributed by atoms with Crippen molar-refractivity contribution in [1.29, 1.82) is 0 Å². The van der Waals surface area contributed by atoms with Crippen molar-refractivity contribution >= 4 is 16.9 Å². The van der Waals surface area contributed by atoms with Crippen LogP contribution in [0.25, 0.3) is 10.9 Å². The summed E-state index contributed by atoms with van der Waals surface area (Å²) in [7, 11) is 1.57. The molecule has 0 aliphatic carbocycles. The van der Waals surface area contributed by atoms with Crippen molar-refractivity contribution in [3.8, 4) is 0 Å². The third-order valence-electron chi connectivity index (χ3n) is 5.04. The molecule has 0 amide bonds. The molecule has 29 heavy (non-hydrogen) atoms. The normalized spacial score (nSPS) is 12.2. The third kappa shape index (κ3) is 3.62. The van der Waals surface area contributed by atoms with Crippen molar-refractivity contribution in [1.82, 2.24) is 14.5 Å². The summed E-state index contributed by atoms with van der Waals surface area (Å²) in [5.74, 6) is -0.970. The Morgan fingerprint density at radius 2 is 1.97 bits per heavy atom. The van der Waals surface area contributed by atoms with Gasteiger partial charge in [-0.25, -0.2) is 9.78 Å². The topological polar surface area (TPSA) is 77.2 Å². The summed E-state index contributed by atoms with van der Waals surface area (Å²) in [4.78, 5) is 20.9. The first-order valence-electron chi connectivity index (χ1n) is 9.28. The van der Waals surface area contributed by atoms with Gasteiger partial charge in [-0.15, -0.1) is 0 Å². The minimum Gasteiger partial charge on any atom is -0.478 e. The van der Waals surface area contributed by atoms with Crippen LogP contribution < -0.4 is 0 Å². The number of methoxy groups -OCH3 is 1. The molecule has 0 spiro atoms. The molecule has 2 heterocycles. The average molecular weight is 387 g/mol. The second kappa shape index (κ2) is 7.85. The Bertz CT molecular complexity index is 1180. The highest BCUT2D eigenvalue weighted by molar-refractivity contribution is 5.91. The minimum absolute atomic E-state index is 0.260. The number of fused-ring (bicyclic) bond motifs is 1. The average Bonchev–Trinajstić information content (AvgIpc) is 3.16. The van der Waals surface area contributed by atoms with Gasteiger partial charge in [0.2, 0.25) is 0 Å². The number of aryl methyl sites for hydroxylation is 1. The number of hydrogen-bond donors (Lipinski definition) is 1. The van der Waals surface area contributed by atoms with E-state index in [0.717, 1.165) is 22.3 Å². The van der Waals surface area contributed by atoms with E-state index >= 15 is 0 Å². The van der Waals surface area contributed by atoms with Gasteiger partial charge in [0.25, 0.3) is 0 Å². The molecule has 0 bridgehead atoms. The number of hydrogen-bond acceptors (Lipinski definition) is 4. The monoisotopic (exact) mass is 387 g/mol. The van der Waals surface area contributed by atoms with Gasteiger partial charge in [0.1, 0.15) is 6.10 Å². The Morgan fingerprint density at radius 3 is 2.76 bits per heavy atom. The van der Waals surface area contributed by atoms with Gasteiger partial charge in [0.15, 0.2) is 0 Å². The van der Waals surface area contributed by atoms with Crippen LogP contribution in [-0.2, 0) is 11.3 Å². The van der Waals surface area contributed by atoms with E-state index in [1.165, 1.54) is 0 Å². The summed E-state index contributed by atoms with van der Waals surface area (Å²) in [6, 6.07) is 17.4. The van der Waals surface area contributed by atoms with E-state index in [9.17, 15) is 9.90 Å². The molecule has 0 saturated heterocycles. The largest absolute Gasteiger partial charge is 0.478 e. The SMILES string of the molecule is COC(c1cccc(C)c1C(=O)O)c1cncn1Cc1ccc2ccccc2n1. The number of aromatic carboxylic acids is 1. The summed E-state index contributed by atoms with van der Waals surface area (Å²) in [6.07, 6.45) is 2.88. The Balaban J connectivity index is 1.72. The van der Waals surface area contributed by atoms with Crippen LogP contribution in [0.1, 0.15) is 39.0 Å². The first-order chi connectivity index (χ1) is 14.1. The number of ether oxygens (including phenoxy) is 1. The fraction of sp³-hybridized carbons (Fsp3) is 0.174. The molecule has 0 radical (unpaired) electrons. The predicted octanol–water partition coefficient (Wildman–Crippen LogP) is 4.22. The van der Waals surface area contributed by atoms with Crippen molar-refractivity contribution in [2.45, 2.75) is 19.6 Å². The van der Waals surface area contributed by atoms with Crippen molar-refractivity contribution < 1.29 is 14.6 Å². The second-order valence-electron chi connectivity index (χ2n) is 6.90. The summed E-state index contributed by atoms with van der Waals surface area (Å²) in [5, 5.41) is 10.8. The van der Waals surface area contributed by atoms with Gasteiger partial charge < -0.3 is 14.4 Å². The molecule has 6 heteroatoms. The molecule has 146 valence electrons. The molecule has 0 aliphatic rings. The fourth-order valence-corrected chi connectivity index (χ4v) is 3.66. The smallest absolute Gasteiger partial charge is 0.336 e. The van der Waals surface area contributed by atoms with Crippen LogP contribution in [-0.4, -0.2) is 32.7 Å². The Hall–Kier alpha value is -3.51. The molecule has 1 atom stereocenters. The standard InChI is InChI=1S/C23H21N3O3/c1-15-6-5-8-18(21(15)23(27)28)22(29-2)20-12-24-14-26(20)13-17-11-10-16-7-3-4-9-19(16)25-17/h3-12,14,22H,13H2,1-2H3,(H,27,28). The summed E-state index contributed by atoms with van der Waals surface area (Å²) >= 11 is 0. The zero-order valence-corrected chi connectivity index (χ0v) is 16.2. The zero-order valence-electron chi connectivity index (χ0n) is 16.2. The van der Waals surface area contributed by atoms with Crippen LogP contribution in [0.2, 0.25) is 0 Å². The van der Waals surface area contributed by atoms with Crippen LogP contribution >= 0.6 is 0 Å². The molecular formula is C23H21N3O3. The van der Waals surface area contributed by atoms with Gasteiger partial charge in [-0.1, -0.05) is 42.5 Å². The van der Waals surface area contributed by atoms with E-state index in [4.69, 9.17) is 9.72 Å². The summed E-state index contributed by atoms with van der Waals surface area (Å²) in [5.41, 5.74) is 4.15. The zero-order chi connectivity index (χ0) is 20.4. The molecule has 2 aromatic carbocycles. The number of nitrogens with zero attached hydrogens (tertiary/aromatic N) is 3. The number of carbonyl (C=O) groups is 1. The highest BCUT2D eigenvalue weighted by Gasteiger charge is 2.24. The lowest BCUT2D eigenvalue weighted by atomic mass is 9.96. The van der Waals surface area contributed by atoms with Gasteiger partial charge >= 0.3 is 5.97 Å². The highest BCUT2D eigenvalue weighted by Crippen LogP contribution is 2.30. The number of para-hydroxylation sites is 1. The molecule has 2 aromatic heterocycles. The van der Waals surface area contributed by atoms with E-state index in [1.807, 2.05) is 47.0 Å². The Labute approximate surface area is 168 Å². The Kier molecular flexibility index (Phi) is 5.10. The first kappa shape index (κ1) is 18.8. The molecule has 0 fully saturated rings. The quantitative estimate of drug-likeness (QED) is 0.536. The fourth-order valence-electron chi connectivity index (χ4n) is 3.66. The van der Waals surface area contributed by atoms with E-state index in [2.05, 4.69) is 4.98 Å². The van der Waals surface area contributed by atoms with E-state index in [1.54, 1.807) is 38.7 Å². The predicted molar refractivity (Wildman–Crippen MR) is 110 cm³/mol. The van der Waals surface area contributed by atoms with Gasteiger partial charge in [-0.05, 0) is 24.6 Å². The number of benzene rings is 2. The van der Waals surface area contributed by atoms with Gasteiger partial charge in [-0.3, -0.25) is 4.98 Å². The number of pyridine rings is 1. The van der Waals surface area contributed by atoms with Crippen LogP contribution in [0.4, 0.5) is 0 Å². The lowest BCUT2D eigenvalue weighted by Crippen LogP contribution is -2.16. The molecule has 4 aromatic rings. The van der Waals surface area contributed by atoms with Crippen molar-refractivity contribution in [2.24, 2.45) is 0 Å². The molecule has 1 unspecified atom stereocenters. The number of carboxylic acid groups (broad SMARTS) is 1. The van der Waals surface area contributed by atoms with Crippen molar-refractivity contribution in [2.75, 3.05) is 7.11 Å². The van der Waals surface area contributed by atoms with E-state index < -0.39 is 12.1 Å². The Morgan fingerprint density at radius 1 is 1.14 bits per heavy atom. The van der Waals surface area contributed by atoms with Crippen LogP contribution in [0.15, 0.2) is 67.1 Å². The summed E-state index contributed by atoms with van der Waals surface area (Å²) in [6.45, 7) is 2.30. The molecule has 4 rings (SSSR count). The lowest BCUT2D eigenvalue weighted by Gasteiger charge is -2.20. The van der Waals surface area contributed by atoms with E-state index in [0.29, 0.717) is 17.7 Å². The molecule has 6 nitrogen and oxygen atoms in total. The maximum Gasteiger partial charge on any atom is 0.336 e. The van der Waals surface area contributed by atoms with Gasteiger partial charge in [0.05, 0.1) is 41.5 Å². The number of imidazole rings is 1. The van der Waals surface area contributed by atoms with Crippen molar-refractivity contribution in [3.63, 3.8) is 0 Å². The van der Waals surface area contributed by atoms with Crippen LogP contribution in [0, 0.1) is 6.92 Å². The highest BCUT2D eigenvalue weighted by atomic mass is 16.5. The molecular weight excluding hydrogens is 366 g/mol. The summed E-state index contributed by atoms with van der Waals surface area (Å²) < 4.78 is 7.67. The number of aromatic nitrogens is 3. The molecule has 0 saturated carbocycles. The lowest BCUT2D eigenvalue weighted by molar-refractivity contribution is 0.0685. The minimum atomic E-state index is -0.970. The number of rotatable bonds is 6. The van der Waals surface area contributed by atoms with Crippen LogP contribution in [0.5, 0.6) is 0 Å². The maximum atomic E-state index is 11.8. The third-order valence-corrected chi connectivity index (χ3v) is 5.04. The van der Waals surface area contributed by atoms with Crippen LogP contribution in [0.3, 0.4) is 0 Å². The van der Waals surface area contributed by atoms with Gasteiger partial charge in [0, 0.05) is 18.1 Å². The first-order valence-corrected chi connectivity index (χ1v) is 9.28. The second-order valence-corrected chi connectivity index (χ2v) is 6.90. The van der Waals surface area contributed by atoms with E-state index in [-0.39, 0.29) is 5.56 Å². The molecule has 1 N–H and O–H groups in total. The number of carboxylic acids is 1. The van der Waals surface area contributed by atoms with Gasteiger partial charge in [-0.2, -0.15) is 0 Å². The molecule has 0 aliphatic heterocycles. The van der Waals surface area contributed by atoms with Crippen molar-refractivity contribution in [3.05, 3.63) is 95.2 Å². The maximum absolute atomic E-state index is 11.8.